The average molecular weight is 224 g/mol. The Bertz CT molecular complexity index is 377. The van der Waals surface area contributed by atoms with E-state index >= 15 is 0 Å². The van der Waals surface area contributed by atoms with E-state index in [0.717, 1.165) is 5.56 Å². The lowest BCUT2D eigenvalue weighted by Crippen LogP contribution is -2.37. The highest BCUT2D eigenvalue weighted by Crippen LogP contribution is 2.33. The Morgan fingerprint density at radius 3 is 2.75 bits per heavy atom. The second kappa shape index (κ2) is 4.21. The maximum Gasteiger partial charge on any atom is 0.351 e. The topological polar surface area (TPSA) is 65.0 Å². The van der Waals surface area contributed by atoms with Gasteiger partial charge in [0, 0.05) is 0 Å². The summed E-state index contributed by atoms with van der Waals surface area (Å²) in [6.07, 6.45) is 0.386. The molecule has 0 saturated carbocycles. The van der Waals surface area contributed by atoms with Crippen molar-refractivity contribution in [3.05, 3.63) is 35.9 Å². The molecule has 1 aromatic carbocycles. The fourth-order valence-electron chi connectivity index (χ4n) is 1.65. The third kappa shape index (κ3) is 1.92. The van der Waals surface area contributed by atoms with Crippen LogP contribution in [-0.2, 0) is 25.9 Å². The molecule has 2 rings (SSSR count). The fourth-order valence-corrected chi connectivity index (χ4v) is 1.65. The normalized spacial score (nSPS) is 29.1. The summed E-state index contributed by atoms with van der Waals surface area (Å²) in [5.41, 5.74) is 0.943. The van der Waals surface area contributed by atoms with E-state index in [0.29, 0.717) is 6.42 Å². The van der Waals surface area contributed by atoms with Crippen molar-refractivity contribution in [2.75, 3.05) is 0 Å². The predicted octanol–water partition coefficient (Wildman–Crippen LogP) is 1.54. The first kappa shape index (κ1) is 11.1. The van der Waals surface area contributed by atoms with Crippen LogP contribution in [0.3, 0.4) is 0 Å². The third-order valence-electron chi connectivity index (χ3n) is 2.67. The van der Waals surface area contributed by atoms with Gasteiger partial charge in [0.2, 0.25) is 0 Å². The lowest BCUT2D eigenvalue weighted by Gasteiger charge is -2.20. The molecule has 1 saturated heterocycles. The van der Waals surface area contributed by atoms with Crippen LogP contribution < -0.4 is 0 Å². The quantitative estimate of drug-likeness (QED) is 0.623. The minimum absolute atomic E-state index is 0.386. The van der Waals surface area contributed by atoms with Crippen molar-refractivity contribution in [1.29, 1.82) is 0 Å². The molecule has 0 radical (unpaired) electrons. The van der Waals surface area contributed by atoms with Crippen LogP contribution in [0.5, 0.6) is 0 Å². The van der Waals surface area contributed by atoms with Gasteiger partial charge >= 0.3 is 5.97 Å². The Labute approximate surface area is 92.4 Å². The zero-order valence-corrected chi connectivity index (χ0v) is 8.75. The Balaban J connectivity index is 2.17. The van der Waals surface area contributed by atoms with Crippen LogP contribution in [0.4, 0.5) is 0 Å². The SMILES string of the molecule is CC1(OO)OOC(=O)C1Cc1ccccc1. The van der Waals surface area contributed by atoms with Gasteiger partial charge in [-0.25, -0.2) is 10.1 Å². The fraction of sp³-hybridized carbons (Fsp3) is 0.364. The molecular formula is C11H12O5. The number of carbonyl (C=O) groups is 1. The summed E-state index contributed by atoms with van der Waals surface area (Å²) in [6, 6.07) is 9.38. The average Bonchev–Trinajstić information content (AvgIpc) is 2.60. The van der Waals surface area contributed by atoms with Crippen LogP contribution in [0.25, 0.3) is 0 Å². The van der Waals surface area contributed by atoms with Crippen molar-refractivity contribution < 1.29 is 24.7 Å². The van der Waals surface area contributed by atoms with Gasteiger partial charge in [-0.1, -0.05) is 30.3 Å². The molecular weight excluding hydrogens is 212 g/mol. The standard InChI is InChI=1S/C11H12O5/c1-11(15-13)9(10(12)14-16-11)7-8-5-3-2-4-6-8/h2-6,9,13H,7H2,1H3. The van der Waals surface area contributed by atoms with E-state index in [1.807, 2.05) is 30.3 Å². The number of benzene rings is 1. The summed E-state index contributed by atoms with van der Waals surface area (Å²) in [5.74, 6) is -2.66. The summed E-state index contributed by atoms with van der Waals surface area (Å²) in [7, 11) is 0. The number of hydrogen-bond donors (Lipinski definition) is 1. The highest BCUT2D eigenvalue weighted by molar-refractivity contribution is 5.74. The first-order valence-corrected chi connectivity index (χ1v) is 4.92. The smallest absolute Gasteiger partial charge is 0.295 e. The van der Waals surface area contributed by atoms with Crippen molar-refractivity contribution in [2.45, 2.75) is 19.1 Å². The Hall–Kier alpha value is -1.43. The van der Waals surface area contributed by atoms with Gasteiger partial charge in [0.15, 0.2) is 0 Å². The minimum Gasteiger partial charge on any atom is -0.295 e. The molecule has 1 aliphatic rings. The van der Waals surface area contributed by atoms with Gasteiger partial charge in [0.25, 0.3) is 5.79 Å². The van der Waals surface area contributed by atoms with Gasteiger partial charge in [0.1, 0.15) is 5.92 Å². The monoisotopic (exact) mass is 224 g/mol. The molecule has 2 unspecified atom stereocenters. The lowest BCUT2D eigenvalue weighted by atomic mass is 9.93. The maximum absolute atomic E-state index is 11.4. The minimum atomic E-state index is -1.44. The molecule has 1 heterocycles. The Kier molecular flexibility index (Phi) is 2.91. The van der Waals surface area contributed by atoms with E-state index in [9.17, 15) is 4.79 Å². The zero-order valence-electron chi connectivity index (χ0n) is 8.75. The van der Waals surface area contributed by atoms with Gasteiger partial charge in [-0.15, -0.1) is 4.89 Å². The first-order chi connectivity index (χ1) is 7.65. The molecule has 5 heteroatoms. The molecule has 5 nitrogen and oxygen atoms in total. The zero-order chi connectivity index (χ0) is 11.6. The van der Waals surface area contributed by atoms with Gasteiger partial charge in [0.05, 0.1) is 0 Å². The molecule has 0 amide bonds. The molecule has 0 aromatic heterocycles. The van der Waals surface area contributed by atoms with Crippen molar-refractivity contribution in [3.8, 4) is 0 Å². The van der Waals surface area contributed by atoms with Crippen LogP contribution >= 0.6 is 0 Å². The predicted molar refractivity (Wildman–Crippen MR) is 52.9 cm³/mol. The summed E-state index contributed by atoms with van der Waals surface area (Å²) in [6.45, 7) is 1.45. The van der Waals surface area contributed by atoms with Crippen molar-refractivity contribution in [2.24, 2.45) is 5.92 Å². The van der Waals surface area contributed by atoms with Crippen LogP contribution in [0, 0.1) is 5.92 Å². The van der Waals surface area contributed by atoms with E-state index < -0.39 is 17.7 Å². The van der Waals surface area contributed by atoms with Crippen LogP contribution in [0.2, 0.25) is 0 Å². The van der Waals surface area contributed by atoms with Gasteiger partial charge in [-0.05, 0) is 18.9 Å². The molecule has 1 fully saturated rings. The third-order valence-corrected chi connectivity index (χ3v) is 2.67. The largest absolute Gasteiger partial charge is 0.351 e. The van der Waals surface area contributed by atoms with Gasteiger partial charge in [-0.2, -0.15) is 4.89 Å². The van der Waals surface area contributed by atoms with Gasteiger partial charge < -0.3 is 0 Å². The molecule has 1 aromatic rings. The summed E-state index contributed by atoms with van der Waals surface area (Å²) in [5, 5.41) is 8.73. The van der Waals surface area contributed by atoms with E-state index in [2.05, 4.69) is 14.7 Å². The van der Waals surface area contributed by atoms with E-state index in [1.54, 1.807) is 0 Å². The highest BCUT2D eigenvalue weighted by atomic mass is 17.3. The van der Waals surface area contributed by atoms with Gasteiger partial charge in [-0.3, -0.25) is 4.89 Å². The second-order valence-corrected chi connectivity index (χ2v) is 3.84. The molecule has 0 bridgehead atoms. The van der Waals surface area contributed by atoms with Crippen molar-refractivity contribution >= 4 is 5.97 Å². The van der Waals surface area contributed by atoms with Crippen LogP contribution in [0.15, 0.2) is 30.3 Å². The maximum atomic E-state index is 11.4. The van der Waals surface area contributed by atoms with Crippen molar-refractivity contribution in [3.63, 3.8) is 0 Å². The Morgan fingerprint density at radius 1 is 1.44 bits per heavy atom. The number of carbonyl (C=O) groups excluding carboxylic acids is 1. The summed E-state index contributed by atoms with van der Waals surface area (Å²) >= 11 is 0. The van der Waals surface area contributed by atoms with Crippen molar-refractivity contribution in [1.82, 2.24) is 0 Å². The molecule has 0 spiro atoms. The molecule has 86 valence electrons. The van der Waals surface area contributed by atoms with E-state index in [1.165, 1.54) is 6.92 Å². The van der Waals surface area contributed by atoms with E-state index in [-0.39, 0.29) is 0 Å². The summed E-state index contributed by atoms with van der Waals surface area (Å²) in [4.78, 5) is 24.7. The molecule has 16 heavy (non-hydrogen) atoms. The summed E-state index contributed by atoms with van der Waals surface area (Å²) < 4.78 is 0. The number of rotatable bonds is 3. The Morgan fingerprint density at radius 2 is 2.12 bits per heavy atom. The highest BCUT2D eigenvalue weighted by Gasteiger charge is 2.51. The molecule has 1 N–H and O–H groups in total. The number of hydrogen-bond acceptors (Lipinski definition) is 5. The van der Waals surface area contributed by atoms with Crippen LogP contribution in [-0.4, -0.2) is 17.0 Å². The first-order valence-electron chi connectivity index (χ1n) is 4.92. The second-order valence-electron chi connectivity index (χ2n) is 3.84. The molecule has 2 atom stereocenters. The van der Waals surface area contributed by atoms with E-state index in [4.69, 9.17) is 5.26 Å². The lowest BCUT2D eigenvalue weighted by molar-refractivity contribution is -0.459. The molecule has 1 aliphatic heterocycles. The van der Waals surface area contributed by atoms with Crippen LogP contribution in [0.1, 0.15) is 12.5 Å². The molecule has 0 aliphatic carbocycles.